The lowest BCUT2D eigenvalue weighted by molar-refractivity contribution is -0.142. The number of carboxylic acid groups (broad SMARTS) is 1. The van der Waals surface area contributed by atoms with Gasteiger partial charge >= 0.3 is 5.97 Å². The molecule has 1 amide bonds. The minimum Gasteiger partial charge on any atom is -0.481 e. The van der Waals surface area contributed by atoms with Gasteiger partial charge in [-0.15, -0.1) is 0 Å². The van der Waals surface area contributed by atoms with E-state index in [0.717, 1.165) is 0 Å². The number of nitrogens with one attached hydrogen (secondary N) is 2. The van der Waals surface area contributed by atoms with Crippen LogP contribution in [0.15, 0.2) is 0 Å². The minimum absolute atomic E-state index is 0.167. The monoisotopic (exact) mass is 258 g/mol. The molecule has 0 fully saturated rings. The summed E-state index contributed by atoms with van der Waals surface area (Å²) in [6.45, 7) is 10.3. The van der Waals surface area contributed by atoms with E-state index in [1.807, 2.05) is 20.8 Å². The molecule has 18 heavy (non-hydrogen) atoms. The lowest BCUT2D eigenvalue weighted by atomic mass is 9.96. The topological polar surface area (TPSA) is 78.4 Å². The molecule has 106 valence electrons. The largest absolute Gasteiger partial charge is 0.481 e. The number of aliphatic carboxylic acids is 1. The van der Waals surface area contributed by atoms with Crippen molar-refractivity contribution in [3.63, 3.8) is 0 Å². The third-order valence-electron chi connectivity index (χ3n) is 2.80. The van der Waals surface area contributed by atoms with Gasteiger partial charge in [-0.25, -0.2) is 0 Å². The van der Waals surface area contributed by atoms with Gasteiger partial charge in [-0.3, -0.25) is 9.59 Å². The second-order valence-corrected chi connectivity index (χ2v) is 5.53. The van der Waals surface area contributed by atoms with Crippen molar-refractivity contribution in [2.24, 2.45) is 11.8 Å². The van der Waals surface area contributed by atoms with Crippen LogP contribution in [0.3, 0.4) is 0 Å². The summed E-state index contributed by atoms with van der Waals surface area (Å²) in [5, 5.41) is 14.8. The zero-order valence-corrected chi connectivity index (χ0v) is 12.0. The molecule has 5 heteroatoms. The highest BCUT2D eigenvalue weighted by atomic mass is 16.4. The summed E-state index contributed by atoms with van der Waals surface area (Å²) >= 11 is 0. The zero-order chi connectivity index (χ0) is 14.3. The molecule has 0 aromatic heterocycles. The fraction of sp³-hybridized carbons (Fsp3) is 0.846. The molecule has 0 aliphatic rings. The van der Waals surface area contributed by atoms with Crippen LogP contribution in [0, 0.1) is 11.8 Å². The fourth-order valence-electron chi connectivity index (χ4n) is 1.80. The predicted octanol–water partition coefficient (Wildman–Crippen LogP) is 1.24. The molecule has 3 N–H and O–H groups in total. The third-order valence-corrected chi connectivity index (χ3v) is 2.80. The van der Waals surface area contributed by atoms with Gasteiger partial charge in [0.25, 0.3) is 0 Å². The van der Waals surface area contributed by atoms with Gasteiger partial charge in [0.2, 0.25) is 5.91 Å². The van der Waals surface area contributed by atoms with E-state index >= 15 is 0 Å². The molecule has 1 atom stereocenters. The Balaban J connectivity index is 4.35. The first kappa shape index (κ1) is 16.9. The van der Waals surface area contributed by atoms with Crippen molar-refractivity contribution in [2.75, 3.05) is 13.1 Å². The molecule has 0 rings (SSSR count). The zero-order valence-electron chi connectivity index (χ0n) is 12.0. The predicted molar refractivity (Wildman–Crippen MR) is 71.3 cm³/mol. The standard InChI is InChI=1S/C13H26N2O3/c1-6-15-13(4,5)12(18)14-8-10(11(16)17)7-9(2)3/h9-10,15H,6-8H2,1-5H3,(H,14,18)(H,16,17). The SMILES string of the molecule is CCNC(C)(C)C(=O)NCC(CC(C)C)C(=O)O. The summed E-state index contributed by atoms with van der Waals surface area (Å²) in [6.07, 6.45) is 0.567. The Morgan fingerprint density at radius 2 is 1.83 bits per heavy atom. The maximum absolute atomic E-state index is 11.9. The smallest absolute Gasteiger partial charge is 0.308 e. The van der Waals surface area contributed by atoms with Gasteiger partial charge in [0.1, 0.15) is 0 Å². The minimum atomic E-state index is -0.856. The van der Waals surface area contributed by atoms with Crippen LogP contribution >= 0.6 is 0 Å². The number of hydrogen-bond donors (Lipinski definition) is 3. The Morgan fingerprint density at radius 3 is 2.22 bits per heavy atom. The Kier molecular flexibility index (Phi) is 6.91. The third kappa shape index (κ3) is 6.00. The highest BCUT2D eigenvalue weighted by molar-refractivity contribution is 5.85. The van der Waals surface area contributed by atoms with E-state index in [0.29, 0.717) is 18.9 Å². The molecular weight excluding hydrogens is 232 g/mol. The lowest BCUT2D eigenvalue weighted by Crippen LogP contribution is -2.53. The summed E-state index contributed by atoms with van der Waals surface area (Å²) in [4.78, 5) is 23.0. The summed E-state index contributed by atoms with van der Waals surface area (Å²) in [5.41, 5.74) is -0.671. The first-order valence-electron chi connectivity index (χ1n) is 6.46. The van der Waals surface area contributed by atoms with Gasteiger partial charge in [0.15, 0.2) is 0 Å². The van der Waals surface area contributed by atoms with Gasteiger partial charge in [0.05, 0.1) is 11.5 Å². The van der Waals surface area contributed by atoms with Crippen molar-refractivity contribution in [2.45, 2.75) is 46.6 Å². The Labute approximate surface area is 109 Å². The van der Waals surface area contributed by atoms with Gasteiger partial charge in [-0.2, -0.15) is 0 Å². The lowest BCUT2D eigenvalue weighted by Gasteiger charge is -2.25. The maximum atomic E-state index is 11.9. The van der Waals surface area contributed by atoms with Gasteiger partial charge in [-0.05, 0) is 32.7 Å². The van der Waals surface area contributed by atoms with E-state index in [-0.39, 0.29) is 12.5 Å². The van der Waals surface area contributed by atoms with E-state index in [4.69, 9.17) is 5.11 Å². The number of hydrogen-bond acceptors (Lipinski definition) is 3. The Morgan fingerprint density at radius 1 is 1.28 bits per heavy atom. The molecule has 0 bridgehead atoms. The summed E-state index contributed by atoms with van der Waals surface area (Å²) in [5.74, 6) is -1.25. The molecular formula is C13H26N2O3. The van der Waals surface area contributed by atoms with Crippen LogP contribution in [0.2, 0.25) is 0 Å². The van der Waals surface area contributed by atoms with Gasteiger partial charge < -0.3 is 15.7 Å². The van der Waals surface area contributed by atoms with E-state index < -0.39 is 17.4 Å². The molecule has 0 aliphatic heterocycles. The summed E-state index contributed by atoms with van der Waals surface area (Å²) in [7, 11) is 0. The molecule has 0 saturated heterocycles. The first-order chi connectivity index (χ1) is 8.20. The van der Waals surface area contributed by atoms with Crippen molar-refractivity contribution < 1.29 is 14.7 Å². The molecule has 0 spiro atoms. The van der Waals surface area contributed by atoms with Crippen LogP contribution in [0.5, 0.6) is 0 Å². The number of carboxylic acids is 1. The number of likely N-dealkylation sites (N-methyl/N-ethyl adjacent to an activating group) is 1. The van der Waals surface area contributed by atoms with Gasteiger partial charge in [0, 0.05) is 6.54 Å². The highest BCUT2D eigenvalue weighted by Crippen LogP contribution is 2.11. The van der Waals surface area contributed by atoms with E-state index in [1.54, 1.807) is 13.8 Å². The molecule has 0 radical (unpaired) electrons. The van der Waals surface area contributed by atoms with Crippen molar-refractivity contribution >= 4 is 11.9 Å². The van der Waals surface area contributed by atoms with Crippen LogP contribution in [0.25, 0.3) is 0 Å². The van der Waals surface area contributed by atoms with Crippen molar-refractivity contribution in [3.05, 3.63) is 0 Å². The first-order valence-corrected chi connectivity index (χ1v) is 6.46. The van der Waals surface area contributed by atoms with Crippen LogP contribution in [0.1, 0.15) is 41.0 Å². The van der Waals surface area contributed by atoms with Crippen LogP contribution in [-0.2, 0) is 9.59 Å². The van der Waals surface area contributed by atoms with Gasteiger partial charge in [-0.1, -0.05) is 20.8 Å². The molecule has 0 aromatic rings. The molecule has 0 aromatic carbocycles. The average molecular weight is 258 g/mol. The molecule has 0 heterocycles. The Bertz CT molecular complexity index is 288. The highest BCUT2D eigenvalue weighted by Gasteiger charge is 2.27. The number of carbonyl (C=O) groups is 2. The van der Waals surface area contributed by atoms with Crippen molar-refractivity contribution in [3.8, 4) is 0 Å². The Hall–Kier alpha value is -1.10. The summed E-state index contributed by atoms with van der Waals surface area (Å²) < 4.78 is 0. The number of amides is 1. The second kappa shape index (κ2) is 7.36. The van der Waals surface area contributed by atoms with Crippen LogP contribution < -0.4 is 10.6 Å². The number of carbonyl (C=O) groups excluding carboxylic acids is 1. The van der Waals surface area contributed by atoms with Crippen molar-refractivity contribution in [1.29, 1.82) is 0 Å². The van der Waals surface area contributed by atoms with E-state index in [9.17, 15) is 9.59 Å². The normalized spacial score (nSPS) is 13.4. The van der Waals surface area contributed by atoms with Crippen LogP contribution in [0.4, 0.5) is 0 Å². The van der Waals surface area contributed by atoms with E-state index in [2.05, 4.69) is 10.6 Å². The molecule has 0 saturated carbocycles. The molecule has 1 unspecified atom stereocenters. The average Bonchev–Trinajstić information content (AvgIpc) is 2.22. The molecule has 5 nitrogen and oxygen atoms in total. The number of rotatable bonds is 8. The van der Waals surface area contributed by atoms with E-state index in [1.165, 1.54) is 0 Å². The maximum Gasteiger partial charge on any atom is 0.308 e. The van der Waals surface area contributed by atoms with Crippen molar-refractivity contribution in [1.82, 2.24) is 10.6 Å². The fourth-order valence-corrected chi connectivity index (χ4v) is 1.80. The second-order valence-electron chi connectivity index (χ2n) is 5.53. The van der Waals surface area contributed by atoms with Crippen LogP contribution in [-0.4, -0.2) is 35.6 Å². The molecule has 0 aliphatic carbocycles. The quantitative estimate of drug-likeness (QED) is 0.612. The summed E-state index contributed by atoms with van der Waals surface area (Å²) in [6, 6.07) is 0.